The van der Waals surface area contributed by atoms with Crippen LogP contribution in [0.3, 0.4) is 0 Å². The number of thiophene rings is 1. The summed E-state index contributed by atoms with van der Waals surface area (Å²) in [4.78, 5) is 39.0. The average molecular weight is 371 g/mol. The molecule has 134 valence electrons. The monoisotopic (exact) mass is 371 g/mol. The maximum Gasteiger partial charge on any atom is 0.287 e. The summed E-state index contributed by atoms with van der Waals surface area (Å²) in [7, 11) is 1.62. The summed E-state index contributed by atoms with van der Waals surface area (Å²) >= 11 is 1.36. The van der Waals surface area contributed by atoms with Crippen molar-refractivity contribution < 1.29 is 4.79 Å². The molecule has 26 heavy (non-hydrogen) atoms. The van der Waals surface area contributed by atoms with Gasteiger partial charge in [-0.25, -0.2) is 4.68 Å². The fourth-order valence-corrected chi connectivity index (χ4v) is 4.02. The lowest BCUT2D eigenvalue weighted by Gasteiger charge is -2.31. The molecule has 0 N–H and O–H groups in total. The Morgan fingerprint density at radius 3 is 2.73 bits per heavy atom. The quantitative estimate of drug-likeness (QED) is 0.671. The van der Waals surface area contributed by atoms with E-state index in [1.165, 1.54) is 20.6 Å². The second kappa shape index (κ2) is 6.49. The van der Waals surface area contributed by atoms with Crippen molar-refractivity contribution in [3.8, 4) is 0 Å². The van der Waals surface area contributed by atoms with Crippen LogP contribution in [-0.2, 0) is 7.05 Å². The minimum absolute atomic E-state index is 0.0934. The Morgan fingerprint density at radius 1 is 1.19 bits per heavy atom. The van der Waals surface area contributed by atoms with Gasteiger partial charge in [0.1, 0.15) is 15.8 Å². The molecule has 9 heteroatoms. The molecule has 1 saturated heterocycles. The molecule has 1 aliphatic rings. The molecular weight excluding hydrogens is 354 g/mol. The van der Waals surface area contributed by atoms with Gasteiger partial charge in [-0.05, 0) is 36.4 Å². The number of carbonyl (C=O) groups excluding carboxylic acids is 1. The molecule has 1 amide bonds. The number of fused-ring (bicyclic) bond motifs is 1. The van der Waals surface area contributed by atoms with E-state index >= 15 is 0 Å². The molecule has 0 aromatic carbocycles. The van der Waals surface area contributed by atoms with Crippen LogP contribution in [0.15, 0.2) is 39.4 Å². The molecule has 4 heterocycles. The van der Waals surface area contributed by atoms with Gasteiger partial charge in [0.05, 0.1) is 6.04 Å². The van der Waals surface area contributed by atoms with Crippen LogP contribution in [0.4, 0.5) is 0 Å². The van der Waals surface area contributed by atoms with E-state index in [1.54, 1.807) is 36.3 Å². The van der Waals surface area contributed by atoms with Crippen LogP contribution in [0.25, 0.3) is 10.2 Å². The van der Waals surface area contributed by atoms with E-state index in [0.29, 0.717) is 36.1 Å². The van der Waals surface area contributed by atoms with Gasteiger partial charge in [0.2, 0.25) is 0 Å². The highest BCUT2D eigenvalue weighted by Crippen LogP contribution is 2.22. The maximum absolute atomic E-state index is 12.6. The smallest absolute Gasteiger partial charge is 0.287 e. The van der Waals surface area contributed by atoms with Crippen molar-refractivity contribution in [1.29, 1.82) is 0 Å². The molecule has 0 atom stereocenters. The van der Waals surface area contributed by atoms with E-state index in [1.807, 2.05) is 5.38 Å². The Morgan fingerprint density at radius 2 is 1.96 bits per heavy atom. The number of amides is 1. The first kappa shape index (κ1) is 16.6. The molecule has 3 aromatic heterocycles. The first-order chi connectivity index (χ1) is 12.6. The fraction of sp³-hybridized carbons (Fsp3) is 0.353. The number of aromatic nitrogens is 4. The van der Waals surface area contributed by atoms with Gasteiger partial charge in [-0.3, -0.25) is 14.4 Å². The Kier molecular flexibility index (Phi) is 4.15. The Balaban J connectivity index is 1.52. The number of rotatable bonds is 2. The summed E-state index contributed by atoms with van der Waals surface area (Å²) < 4.78 is 3.43. The molecule has 0 bridgehead atoms. The van der Waals surface area contributed by atoms with Gasteiger partial charge in [-0.2, -0.15) is 0 Å². The lowest BCUT2D eigenvalue weighted by molar-refractivity contribution is 0.0684. The summed E-state index contributed by atoms with van der Waals surface area (Å²) in [5.41, 5.74) is 0.353. The van der Waals surface area contributed by atoms with Gasteiger partial charge in [0.25, 0.3) is 17.0 Å². The molecule has 0 saturated carbocycles. The van der Waals surface area contributed by atoms with Gasteiger partial charge in [-0.15, -0.1) is 16.4 Å². The normalized spacial score (nSPS) is 15.5. The van der Waals surface area contributed by atoms with E-state index in [4.69, 9.17) is 0 Å². The van der Waals surface area contributed by atoms with Crippen molar-refractivity contribution in [3.63, 3.8) is 0 Å². The van der Waals surface area contributed by atoms with Crippen molar-refractivity contribution in [2.24, 2.45) is 7.05 Å². The molecule has 8 nitrogen and oxygen atoms in total. The van der Waals surface area contributed by atoms with E-state index in [0.717, 1.165) is 0 Å². The zero-order chi connectivity index (χ0) is 18.3. The maximum atomic E-state index is 12.6. The first-order valence-electron chi connectivity index (χ1n) is 8.34. The third-order valence-electron chi connectivity index (χ3n) is 4.75. The van der Waals surface area contributed by atoms with E-state index < -0.39 is 0 Å². The molecule has 0 aliphatic carbocycles. The van der Waals surface area contributed by atoms with Gasteiger partial charge < -0.3 is 9.47 Å². The molecule has 0 radical (unpaired) electrons. The highest BCUT2D eigenvalue weighted by Gasteiger charge is 2.27. The van der Waals surface area contributed by atoms with Crippen LogP contribution >= 0.6 is 11.3 Å². The number of nitrogens with zero attached hydrogens (tertiary/aromatic N) is 5. The number of carbonyl (C=O) groups is 1. The zero-order valence-electron chi connectivity index (χ0n) is 14.2. The number of pyridine rings is 1. The number of aryl methyl sites for hydroxylation is 1. The predicted octanol–water partition coefficient (Wildman–Crippen LogP) is 1.03. The Hall–Kier alpha value is -2.81. The highest BCUT2D eigenvalue weighted by molar-refractivity contribution is 7.17. The van der Waals surface area contributed by atoms with Gasteiger partial charge in [-0.1, -0.05) is 5.21 Å². The van der Waals surface area contributed by atoms with E-state index in [9.17, 15) is 14.4 Å². The average Bonchev–Trinajstić information content (AvgIpc) is 3.14. The topological polar surface area (TPSA) is 90.1 Å². The van der Waals surface area contributed by atoms with Crippen molar-refractivity contribution in [1.82, 2.24) is 24.5 Å². The van der Waals surface area contributed by atoms with Crippen LogP contribution in [-0.4, -0.2) is 43.5 Å². The second-order valence-corrected chi connectivity index (χ2v) is 7.25. The summed E-state index contributed by atoms with van der Waals surface area (Å²) in [6.45, 7) is 0.941. The number of hydrogen-bond donors (Lipinski definition) is 0. The number of hydrogen-bond acceptors (Lipinski definition) is 6. The van der Waals surface area contributed by atoms with Crippen LogP contribution < -0.4 is 11.1 Å². The number of piperidine rings is 1. The number of likely N-dealkylation sites (tertiary alicyclic amines) is 1. The highest BCUT2D eigenvalue weighted by atomic mass is 32.1. The largest absolute Gasteiger partial charge is 0.338 e. The molecule has 1 fully saturated rings. The Bertz CT molecular complexity index is 1090. The lowest BCUT2D eigenvalue weighted by Crippen LogP contribution is -2.43. The van der Waals surface area contributed by atoms with Crippen molar-refractivity contribution in [3.05, 3.63) is 56.0 Å². The summed E-state index contributed by atoms with van der Waals surface area (Å²) in [6, 6.07) is 4.93. The minimum atomic E-state index is -0.301. The molecule has 1 aliphatic heterocycles. The van der Waals surface area contributed by atoms with Crippen LogP contribution in [0.2, 0.25) is 0 Å². The van der Waals surface area contributed by atoms with Gasteiger partial charge in [0, 0.05) is 26.3 Å². The SMILES string of the molecule is Cn1cccc(C(=O)N2CCC(n3nnc4ccsc4c3=O)CC2)c1=O. The van der Waals surface area contributed by atoms with Crippen molar-refractivity contribution >= 4 is 27.5 Å². The molecular formula is C17H17N5O3S. The predicted molar refractivity (Wildman–Crippen MR) is 97.5 cm³/mol. The lowest BCUT2D eigenvalue weighted by atomic mass is 10.0. The summed E-state index contributed by atoms with van der Waals surface area (Å²) in [5, 5.41) is 9.99. The first-order valence-corrected chi connectivity index (χ1v) is 9.22. The van der Waals surface area contributed by atoms with Crippen molar-refractivity contribution in [2.45, 2.75) is 18.9 Å². The second-order valence-electron chi connectivity index (χ2n) is 6.34. The molecule has 3 aromatic rings. The fourth-order valence-electron chi connectivity index (χ4n) is 3.27. The van der Waals surface area contributed by atoms with E-state index in [2.05, 4.69) is 10.3 Å². The van der Waals surface area contributed by atoms with Gasteiger partial charge >= 0.3 is 0 Å². The van der Waals surface area contributed by atoms with Crippen LogP contribution in [0, 0.1) is 0 Å². The summed E-state index contributed by atoms with van der Waals surface area (Å²) in [5.74, 6) is -0.267. The van der Waals surface area contributed by atoms with Crippen LogP contribution in [0.5, 0.6) is 0 Å². The van der Waals surface area contributed by atoms with E-state index in [-0.39, 0.29) is 28.6 Å². The minimum Gasteiger partial charge on any atom is -0.338 e. The zero-order valence-corrected chi connectivity index (χ0v) is 15.0. The standard InChI is InChI=1S/C17H17N5O3S/c1-20-7-2-3-12(15(20)23)16(24)21-8-4-11(5-9-21)22-17(25)14-13(18-19-22)6-10-26-14/h2-3,6-7,10-11H,4-5,8-9H2,1H3. The van der Waals surface area contributed by atoms with Crippen LogP contribution in [0.1, 0.15) is 29.2 Å². The third kappa shape index (κ3) is 2.74. The summed E-state index contributed by atoms with van der Waals surface area (Å²) in [6.07, 6.45) is 2.83. The third-order valence-corrected chi connectivity index (χ3v) is 5.64. The molecule has 0 spiro atoms. The van der Waals surface area contributed by atoms with Crippen molar-refractivity contribution in [2.75, 3.05) is 13.1 Å². The molecule has 0 unspecified atom stereocenters. The molecule has 4 rings (SSSR count). The van der Waals surface area contributed by atoms with Gasteiger partial charge in [0.15, 0.2) is 0 Å². The Labute approximate surface area is 152 Å².